The van der Waals surface area contributed by atoms with E-state index < -0.39 is 29.6 Å². The van der Waals surface area contributed by atoms with Crippen molar-refractivity contribution < 1.29 is 14.3 Å². The van der Waals surface area contributed by atoms with Crippen molar-refractivity contribution in [2.24, 2.45) is 7.05 Å². The predicted octanol–water partition coefficient (Wildman–Crippen LogP) is 2.28. The number of Topliss-reactive ketones (excluding diaryl/α,β-unsaturated/α-hetero) is 1. The zero-order chi connectivity index (χ0) is 23.4. The number of esters is 1. The summed E-state index contributed by atoms with van der Waals surface area (Å²) >= 11 is 7.34. The largest absolute Gasteiger partial charge is 0.457 e. The van der Waals surface area contributed by atoms with E-state index in [2.05, 4.69) is 4.98 Å². The van der Waals surface area contributed by atoms with Crippen LogP contribution < -0.4 is 17.0 Å². The van der Waals surface area contributed by atoms with Crippen molar-refractivity contribution in [2.75, 3.05) is 12.3 Å². The molecule has 0 fully saturated rings. The number of ether oxygens (including phenoxy) is 1. The van der Waals surface area contributed by atoms with Crippen LogP contribution in [-0.2, 0) is 29.5 Å². The van der Waals surface area contributed by atoms with Crippen LogP contribution in [-0.4, -0.2) is 32.5 Å². The number of ketones is 1. The first-order valence-corrected chi connectivity index (χ1v) is 11.0. The molecule has 168 valence electrons. The number of carbonyl (C=O) groups excluding carboxylic acids is 2. The number of nitrogens with zero attached hydrogens (tertiary/aromatic N) is 3. The zero-order valence-corrected chi connectivity index (χ0v) is 19.0. The molecule has 0 saturated heterocycles. The minimum Gasteiger partial charge on any atom is -0.457 e. The number of thiazole rings is 1. The van der Waals surface area contributed by atoms with Gasteiger partial charge in [-0.25, -0.2) is 9.78 Å². The second-order valence-corrected chi connectivity index (χ2v) is 8.27. The molecule has 1 aromatic carbocycles. The average Bonchev–Trinajstić information content (AvgIpc) is 3.22. The van der Waals surface area contributed by atoms with Crippen LogP contribution in [0.2, 0.25) is 5.02 Å². The zero-order valence-electron chi connectivity index (χ0n) is 17.5. The molecule has 0 aliphatic rings. The molecule has 11 heteroatoms. The van der Waals surface area contributed by atoms with E-state index in [0.29, 0.717) is 22.1 Å². The molecule has 0 unspecified atom stereocenters. The molecule has 0 aliphatic heterocycles. The van der Waals surface area contributed by atoms with E-state index in [1.54, 1.807) is 23.6 Å². The Labute approximate surface area is 192 Å². The first-order chi connectivity index (χ1) is 15.2. The monoisotopic (exact) mass is 476 g/mol. The molecule has 3 rings (SSSR count). The molecule has 2 N–H and O–H groups in total. The van der Waals surface area contributed by atoms with Gasteiger partial charge < -0.3 is 10.5 Å². The van der Waals surface area contributed by atoms with Crippen LogP contribution in [0.25, 0.3) is 10.6 Å². The first kappa shape index (κ1) is 23.4. The van der Waals surface area contributed by atoms with Gasteiger partial charge in [0, 0.05) is 29.6 Å². The summed E-state index contributed by atoms with van der Waals surface area (Å²) < 4.78 is 7.01. The highest BCUT2D eigenvalue weighted by molar-refractivity contribution is 7.13. The van der Waals surface area contributed by atoms with Crippen molar-refractivity contribution in [3.8, 4) is 10.6 Å². The number of hydrogen-bond acceptors (Lipinski definition) is 8. The lowest BCUT2D eigenvalue weighted by molar-refractivity contribution is -0.141. The lowest BCUT2D eigenvalue weighted by Gasteiger charge is -2.13. The van der Waals surface area contributed by atoms with Gasteiger partial charge in [0.25, 0.3) is 5.56 Å². The fourth-order valence-electron chi connectivity index (χ4n) is 3.04. The molecule has 0 saturated carbocycles. The quantitative estimate of drug-likeness (QED) is 0.390. The molecule has 0 amide bonds. The van der Waals surface area contributed by atoms with Crippen LogP contribution in [0.15, 0.2) is 39.2 Å². The summed E-state index contributed by atoms with van der Waals surface area (Å²) in [6.45, 7) is 1.40. The number of aromatic nitrogens is 3. The molecule has 3 aromatic rings. The van der Waals surface area contributed by atoms with Crippen LogP contribution in [0.4, 0.5) is 5.82 Å². The Bertz CT molecular complexity index is 1290. The molecule has 2 aromatic heterocycles. The SMILES string of the molecule is CCCn1c(N)c(C(=O)COC(=O)Cc2csc(-c3cccc(Cl)c3)n2)c(=O)n(C)c1=O. The molecule has 0 atom stereocenters. The van der Waals surface area contributed by atoms with Gasteiger partial charge in [0.15, 0.2) is 6.61 Å². The van der Waals surface area contributed by atoms with Crippen LogP contribution in [0, 0.1) is 0 Å². The molecule has 0 radical (unpaired) electrons. The van der Waals surface area contributed by atoms with Gasteiger partial charge in [-0.1, -0.05) is 30.7 Å². The van der Waals surface area contributed by atoms with Crippen molar-refractivity contribution in [1.82, 2.24) is 14.1 Å². The van der Waals surface area contributed by atoms with E-state index >= 15 is 0 Å². The second-order valence-electron chi connectivity index (χ2n) is 6.97. The molecule has 32 heavy (non-hydrogen) atoms. The van der Waals surface area contributed by atoms with Crippen molar-refractivity contribution >= 4 is 40.5 Å². The Hall–Kier alpha value is -3.24. The molecule has 0 aliphatic carbocycles. The maximum Gasteiger partial charge on any atom is 0.332 e. The van der Waals surface area contributed by atoms with E-state index in [1.165, 1.54) is 18.4 Å². The van der Waals surface area contributed by atoms with Crippen LogP contribution >= 0.6 is 22.9 Å². The number of halogens is 1. The van der Waals surface area contributed by atoms with Gasteiger partial charge in [-0.3, -0.25) is 23.5 Å². The Kier molecular flexibility index (Phi) is 7.26. The highest BCUT2D eigenvalue weighted by atomic mass is 35.5. The topological polar surface area (TPSA) is 126 Å². The van der Waals surface area contributed by atoms with Gasteiger partial charge in [-0.2, -0.15) is 0 Å². The lowest BCUT2D eigenvalue weighted by atomic mass is 10.2. The van der Waals surface area contributed by atoms with Crippen molar-refractivity contribution in [1.29, 1.82) is 0 Å². The molecule has 9 nitrogen and oxygen atoms in total. The van der Waals surface area contributed by atoms with Gasteiger partial charge in [0.2, 0.25) is 5.78 Å². The van der Waals surface area contributed by atoms with Crippen molar-refractivity contribution in [2.45, 2.75) is 26.3 Å². The van der Waals surface area contributed by atoms with Gasteiger partial charge in [0.1, 0.15) is 16.4 Å². The Morgan fingerprint density at radius 2 is 2.03 bits per heavy atom. The van der Waals surface area contributed by atoms with E-state index in [-0.39, 0.29) is 24.3 Å². The van der Waals surface area contributed by atoms with Gasteiger partial charge in [-0.05, 0) is 18.6 Å². The van der Waals surface area contributed by atoms with E-state index in [1.807, 2.05) is 13.0 Å². The normalized spacial score (nSPS) is 10.8. The van der Waals surface area contributed by atoms with Crippen LogP contribution in [0.1, 0.15) is 29.4 Å². The third-order valence-corrected chi connectivity index (χ3v) is 5.80. The fraction of sp³-hybridized carbons (Fsp3) is 0.286. The van der Waals surface area contributed by atoms with E-state index in [4.69, 9.17) is 22.1 Å². The molecule has 0 spiro atoms. The maximum absolute atomic E-state index is 12.6. The number of nitrogen functional groups attached to an aromatic ring is 1. The first-order valence-electron chi connectivity index (χ1n) is 9.71. The standard InChI is InChI=1S/C21H21ClN4O5S/c1-3-7-26-18(23)17(20(29)25(2)21(26)30)15(27)10-31-16(28)9-14-11-32-19(24-14)12-5-4-6-13(22)8-12/h4-6,8,11H,3,7,9-10,23H2,1-2H3. The summed E-state index contributed by atoms with van der Waals surface area (Å²) in [5, 5.41) is 2.99. The molecular weight excluding hydrogens is 456 g/mol. The molecule has 0 bridgehead atoms. The number of hydrogen-bond donors (Lipinski definition) is 1. The minimum atomic E-state index is -0.827. The summed E-state index contributed by atoms with van der Waals surface area (Å²) in [7, 11) is 1.26. The Morgan fingerprint density at radius 3 is 2.72 bits per heavy atom. The van der Waals surface area contributed by atoms with Crippen LogP contribution in [0.5, 0.6) is 0 Å². The van der Waals surface area contributed by atoms with Gasteiger partial charge in [0.05, 0.1) is 12.1 Å². The van der Waals surface area contributed by atoms with E-state index in [0.717, 1.165) is 14.7 Å². The van der Waals surface area contributed by atoms with E-state index in [9.17, 15) is 19.2 Å². The minimum absolute atomic E-state index is 0.146. The number of nitrogens with two attached hydrogens (primary N) is 1. The highest BCUT2D eigenvalue weighted by Gasteiger charge is 2.22. The molecule has 2 heterocycles. The molecular formula is C21H21ClN4O5S. The Morgan fingerprint density at radius 1 is 1.28 bits per heavy atom. The van der Waals surface area contributed by atoms with Crippen molar-refractivity contribution in [3.05, 3.63) is 66.8 Å². The lowest BCUT2D eigenvalue weighted by Crippen LogP contribution is -2.43. The summed E-state index contributed by atoms with van der Waals surface area (Å²) in [4.78, 5) is 53.8. The number of rotatable bonds is 8. The van der Waals surface area contributed by atoms with Gasteiger partial charge >= 0.3 is 11.7 Å². The third-order valence-electron chi connectivity index (χ3n) is 4.62. The van der Waals surface area contributed by atoms with Crippen LogP contribution in [0.3, 0.4) is 0 Å². The summed E-state index contributed by atoms with van der Waals surface area (Å²) in [5.74, 6) is -1.69. The summed E-state index contributed by atoms with van der Waals surface area (Å²) in [6, 6.07) is 7.18. The predicted molar refractivity (Wildman–Crippen MR) is 122 cm³/mol. The Balaban J connectivity index is 1.69. The average molecular weight is 477 g/mol. The maximum atomic E-state index is 12.6. The third kappa shape index (κ3) is 4.97. The summed E-state index contributed by atoms with van der Waals surface area (Å²) in [6.07, 6.45) is 0.433. The number of benzene rings is 1. The smallest absolute Gasteiger partial charge is 0.332 e. The van der Waals surface area contributed by atoms with Crippen molar-refractivity contribution in [3.63, 3.8) is 0 Å². The second kappa shape index (κ2) is 9.92. The number of carbonyl (C=O) groups is 2. The summed E-state index contributed by atoms with van der Waals surface area (Å²) in [5.41, 5.74) is 5.41. The highest BCUT2D eigenvalue weighted by Crippen LogP contribution is 2.26. The fourth-order valence-corrected chi connectivity index (χ4v) is 4.05. The van der Waals surface area contributed by atoms with Gasteiger partial charge in [-0.15, -0.1) is 11.3 Å². The number of anilines is 1.